The first-order valence-electron chi connectivity index (χ1n) is 10.5. The molecule has 0 radical (unpaired) electrons. The number of benzene rings is 2. The fraction of sp³-hybridized carbons (Fsp3) is 0.391. The number of ether oxygens (including phenoxy) is 2. The van der Waals surface area contributed by atoms with Crippen molar-refractivity contribution in [3.8, 4) is 11.5 Å². The zero-order valence-corrected chi connectivity index (χ0v) is 20.5. The number of para-hydroxylation sites is 2. The molecule has 0 amide bonds. The molecule has 0 aliphatic heterocycles. The maximum absolute atomic E-state index is 14.3. The Hall–Kier alpha value is -2.48. The number of aliphatic hydroxyl groups is 1. The van der Waals surface area contributed by atoms with Gasteiger partial charge in [-0.2, -0.15) is 0 Å². The first-order chi connectivity index (χ1) is 15.8. The van der Waals surface area contributed by atoms with Gasteiger partial charge in [-0.15, -0.1) is 11.8 Å². The van der Waals surface area contributed by atoms with Gasteiger partial charge in [0.1, 0.15) is 16.7 Å². The number of thioether (sulfide) groups is 1. The van der Waals surface area contributed by atoms with Crippen molar-refractivity contribution in [2.24, 2.45) is 0 Å². The highest BCUT2D eigenvalue weighted by atomic mass is 32.2. The SMILES string of the molecule is CCOC(=O)[C@H]([C@@H](SCC(C)O)C(=O)OCC)P(=O)(Oc1ccccc1)Oc1ccccc1. The zero-order valence-electron chi connectivity index (χ0n) is 18.8. The lowest BCUT2D eigenvalue weighted by atomic mass is 10.3. The molecule has 0 aromatic heterocycles. The Bertz CT molecular complexity index is 877. The van der Waals surface area contributed by atoms with Gasteiger partial charge in [-0.25, -0.2) is 4.57 Å². The van der Waals surface area contributed by atoms with Gasteiger partial charge in [0.2, 0.25) is 5.66 Å². The molecule has 0 fully saturated rings. The Morgan fingerprint density at radius 1 is 0.879 bits per heavy atom. The smallest absolute Gasteiger partial charge is 0.446 e. The highest BCUT2D eigenvalue weighted by molar-refractivity contribution is 8.01. The monoisotopic (exact) mass is 496 g/mol. The summed E-state index contributed by atoms with van der Waals surface area (Å²) in [4.78, 5) is 26.0. The third-order valence-electron chi connectivity index (χ3n) is 4.14. The van der Waals surface area contributed by atoms with Crippen LogP contribution in [0.4, 0.5) is 0 Å². The van der Waals surface area contributed by atoms with Crippen molar-refractivity contribution in [2.45, 2.75) is 37.8 Å². The largest absolute Gasteiger partial charge is 0.465 e. The van der Waals surface area contributed by atoms with Gasteiger partial charge < -0.3 is 23.6 Å². The van der Waals surface area contributed by atoms with Crippen LogP contribution < -0.4 is 9.05 Å². The van der Waals surface area contributed by atoms with E-state index in [1.54, 1.807) is 74.5 Å². The summed E-state index contributed by atoms with van der Waals surface area (Å²) >= 11 is 0.930. The molecule has 1 unspecified atom stereocenters. The molecule has 2 aromatic carbocycles. The summed E-state index contributed by atoms with van der Waals surface area (Å²) in [6.07, 6.45) is -0.792. The summed E-state index contributed by atoms with van der Waals surface area (Å²) in [6.45, 7) is 4.79. The summed E-state index contributed by atoms with van der Waals surface area (Å²) in [6, 6.07) is 16.4. The Balaban J connectivity index is 2.60. The second-order valence-corrected chi connectivity index (χ2v) is 10.1. The van der Waals surface area contributed by atoms with E-state index < -0.39 is 36.5 Å². The maximum Gasteiger partial charge on any atom is 0.446 e. The average Bonchev–Trinajstić information content (AvgIpc) is 2.77. The molecule has 3 atom stereocenters. The third kappa shape index (κ3) is 8.11. The van der Waals surface area contributed by atoms with E-state index in [1.165, 1.54) is 6.92 Å². The maximum atomic E-state index is 14.3. The van der Waals surface area contributed by atoms with Crippen molar-refractivity contribution in [1.29, 1.82) is 0 Å². The van der Waals surface area contributed by atoms with E-state index in [0.717, 1.165) is 11.8 Å². The van der Waals surface area contributed by atoms with Gasteiger partial charge in [0.15, 0.2) is 0 Å². The molecule has 0 bridgehead atoms. The summed E-state index contributed by atoms with van der Waals surface area (Å²) in [5.41, 5.74) is -1.65. The molecule has 0 aliphatic carbocycles. The van der Waals surface area contributed by atoms with Gasteiger partial charge in [-0.3, -0.25) is 9.59 Å². The molecule has 0 saturated carbocycles. The summed E-state index contributed by atoms with van der Waals surface area (Å²) in [7, 11) is -4.43. The zero-order chi connectivity index (χ0) is 24.3. The van der Waals surface area contributed by atoms with Crippen molar-refractivity contribution in [2.75, 3.05) is 19.0 Å². The van der Waals surface area contributed by atoms with Crippen molar-refractivity contribution >= 4 is 31.3 Å². The van der Waals surface area contributed by atoms with Crippen molar-refractivity contribution < 1.29 is 37.8 Å². The van der Waals surface area contributed by atoms with E-state index >= 15 is 0 Å². The van der Waals surface area contributed by atoms with Crippen LogP contribution in [0.25, 0.3) is 0 Å². The van der Waals surface area contributed by atoms with Crippen LogP contribution in [0.15, 0.2) is 60.7 Å². The standard InChI is InChI=1S/C23H29O8PS/c1-4-28-22(25)20(21(23(26)29-5-2)33-16-17(3)24)32(27,30-18-12-8-6-9-13-18)31-19-14-10-7-11-15-19/h6-15,17,20-21,24H,4-5,16H2,1-3H3/t17?,20-,21+/m0/s1. The van der Waals surface area contributed by atoms with Crippen LogP contribution in [-0.2, 0) is 23.6 Å². The molecule has 0 spiro atoms. The molecular formula is C23H29O8PS. The molecule has 33 heavy (non-hydrogen) atoms. The molecule has 10 heteroatoms. The number of esters is 2. The molecule has 0 saturated heterocycles. The fourth-order valence-corrected chi connectivity index (χ4v) is 6.36. The van der Waals surface area contributed by atoms with Gasteiger partial charge in [0.25, 0.3) is 0 Å². The average molecular weight is 497 g/mol. The van der Waals surface area contributed by atoms with Crippen LogP contribution in [0.2, 0.25) is 0 Å². The molecule has 2 aromatic rings. The normalized spacial score (nSPS) is 13.9. The minimum absolute atomic E-state index is 0.0113. The van der Waals surface area contributed by atoms with Crippen LogP contribution in [0.5, 0.6) is 11.5 Å². The van der Waals surface area contributed by atoms with Crippen molar-refractivity contribution in [3.05, 3.63) is 60.7 Å². The van der Waals surface area contributed by atoms with E-state index in [2.05, 4.69) is 0 Å². The number of hydrogen-bond donors (Lipinski definition) is 1. The highest BCUT2D eigenvalue weighted by Gasteiger charge is 2.54. The molecule has 0 heterocycles. The predicted octanol–water partition coefficient (Wildman–Crippen LogP) is 4.31. The lowest BCUT2D eigenvalue weighted by Crippen LogP contribution is -2.42. The number of carbonyl (C=O) groups is 2. The van der Waals surface area contributed by atoms with Gasteiger partial charge in [0, 0.05) is 5.75 Å². The van der Waals surface area contributed by atoms with Crippen LogP contribution in [0.1, 0.15) is 20.8 Å². The molecule has 2 rings (SSSR count). The Kier molecular flexibility index (Phi) is 10.8. The highest BCUT2D eigenvalue weighted by Crippen LogP contribution is 2.56. The summed E-state index contributed by atoms with van der Waals surface area (Å²) in [5.74, 6) is -1.25. The van der Waals surface area contributed by atoms with Crippen LogP contribution >= 0.6 is 19.4 Å². The van der Waals surface area contributed by atoms with Crippen molar-refractivity contribution in [3.63, 3.8) is 0 Å². The third-order valence-corrected chi connectivity index (χ3v) is 7.96. The lowest BCUT2D eigenvalue weighted by Gasteiger charge is -2.30. The minimum atomic E-state index is -4.43. The minimum Gasteiger partial charge on any atom is -0.465 e. The van der Waals surface area contributed by atoms with Gasteiger partial charge >= 0.3 is 19.5 Å². The van der Waals surface area contributed by atoms with Crippen molar-refractivity contribution in [1.82, 2.24) is 0 Å². The number of carbonyl (C=O) groups excluding carboxylic acids is 2. The predicted molar refractivity (Wildman–Crippen MR) is 127 cm³/mol. The van der Waals surface area contributed by atoms with Gasteiger partial charge in [-0.05, 0) is 45.0 Å². The summed E-state index contributed by atoms with van der Waals surface area (Å²) in [5, 5.41) is 8.48. The van der Waals surface area contributed by atoms with Crippen LogP contribution in [-0.4, -0.2) is 53.0 Å². The second-order valence-electron chi connectivity index (χ2n) is 6.90. The van der Waals surface area contributed by atoms with E-state index in [1.807, 2.05) is 0 Å². The fourth-order valence-electron chi connectivity index (χ4n) is 2.79. The molecule has 1 N–H and O–H groups in total. The Labute approximate surface area is 198 Å². The first kappa shape index (κ1) is 26.8. The van der Waals surface area contributed by atoms with Crippen LogP contribution in [0.3, 0.4) is 0 Å². The molecule has 180 valence electrons. The number of aliphatic hydroxyl groups excluding tert-OH is 1. The van der Waals surface area contributed by atoms with E-state index in [4.69, 9.17) is 18.5 Å². The molecule has 8 nitrogen and oxygen atoms in total. The van der Waals surface area contributed by atoms with E-state index in [0.29, 0.717) is 0 Å². The molecular weight excluding hydrogens is 467 g/mol. The van der Waals surface area contributed by atoms with Gasteiger partial charge in [0.05, 0.1) is 19.3 Å². The second kappa shape index (κ2) is 13.3. The quantitative estimate of drug-likeness (QED) is 0.320. The molecule has 0 aliphatic rings. The van der Waals surface area contributed by atoms with E-state index in [-0.39, 0.29) is 30.5 Å². The van der Waals surface area contributed by atoms with Crippen LogP contribution in [0, 0.1) is 0 Å². The lowest BCUT2D eigenvalue weighted by molar-refractivity contribution is -0.149. The first-order valence-corrected chi connectivity index (χ1v) is 13.2. The number of hydrogen-bond acceptors (Lipinski definition) is 9. The van der Waals surface area contributed by atoms with Gasteiger partial charge in [-0.1, -0.05) is 36.4 Å². The van der Waals surface area contributed by atoms with E-state index in [9.17, 15) is 19.3 Å². The Morgan fingerprint density at radius 3 is 1.76 bits per heavy atom. The summed E-state index contributed by atoms with van der Waals surface area (Å²) < 4.78 is 36.3. The number of rotatable bonds is 13. The Morgan fingerprint density at radius 2 is 1.33 bits per heavy atom. The topological polar surface area (TPSA) is 108 Å².